The minimum atomic E-state index is -0.320. The minimum absolute atomic E-state index is 0.223. The van der Waals surface area contributed by atoms with Gasteiger partial charge in [0.05, 0.1) is 5.69 Å². The summed E-state index contributed by atoms with van der Waals surface area (Å²) in [7, 11) is 0. The number of rotatable bonds is 7. The van der Waals surface area contributed by atoms with Crippen molar-refractivity contribution in [1.29, 1.82) is 0 Å². The van der Waals surface area contributed by atoms with Crippen LogP contribution in [-0.2, 0) is 12.3 Å². The summed E-state index contributed by atoms with van der Waals surface area (Å²) in [5.74, 6) is 1.50. The van der Waals surface area contributed by atoms with Crippen LogP contribution in [0, 0.1) is 12.7 Å². The van der Waals surface area contributed by atoms with Gasteiger partial charge >= 0.3 is 0 Å². The Labute approximate surface area is 184 Å². The number of nitrogens with zero attached hydrogens (tertiary/aromatic N) is 1. The van der Waals surface area contributed by atoms with Crippen molar-refractivity contribution < 1.29 is 13.6 Å². The largest absolute Gasteiger partial charge is 0.441 e. The van der Waals surface area contributed by atoms with Crippen LogP contribution in [-0.4, -0.2) is 10.9 Å². The Morgan fingerprint density at radius 3 is 2.55 bits per heavy atom. The summed E-state index contributed by atoms with van der Waals surface area (Å²) >= 11 is 1.71. The third-order valence-corrected chi connectivity index (χ3v) is 5.77. The molecule has 4 aromatic rings. The van der Waals surface area contributed by atoms with Gasteiger partial charge in [-0.25, -0.2) is 9.37 Å². The maximum Gasteiger partial charge on any atom is 0.251 e. The average molecular weight is 433 g/mol. The molecule has 31 heavy (non-hydrogen) atoms. The van der Waals surface area contributed by atoms with Crippen molar-refractivity contribution in [2.24, 2.45) is 0 Å². The van der Waals surface area contributed by atoms with E-state index in [9.17, 15) is 9.18 Å². The summed E-state index contributed by atoms with van der Waals surface area (Å²) in [5.41, 5.74) is 2.94. The number of hydrogen-bond donors (Lipinski definition) is 1. The number of hydrogen-bond acceptors (Lipinski definition) is 4. The van der Waals surface area contributed by atoms with Crippen LogP contribution in [0.2, 0.25) is 0 Å². The van der Waals surface area contributed by atoms with E-state index < -0.39 is 0 Å². The first-order valence-electron chi connectivity index (χ1n) is 9.86. The third-order valence-electron chi connectivity index (χ3n) is 4.75. The number of carbonyl (C=O) groups is 1. The zero-order valence-electron chi connectivity index (χ0n) is 17.0. The molecule has 0 radical (unpaired) electrons. The Morgan fingerprint density at radius 2 is 1.81 bits per heavy atom. The third kappa shape index (κ3) is 5.41. The highest BCUT2D eigenvalue weighted by atomic mass is 32.2. The first-order chi connectivity index (χ1) is 15.1. The Kier molecular flexibility index (Phi) is 6.48. The molecule has 1 heterocycles. The number of amides is 1. The highest BCUT2D eigenvalue weighted by molar-refractivity contribution is 7.98. The van der Waals surface area contributed by atoms with Crippen LogP contribution in [0.1, 0.15) is 27.4 Å². The molecule has 0 aliphatic heterocycles. The van der Waals surface area contributed by atoms with Gasteiger partial charge in [-0.3, -0.25) is 4.79 Å². The lowest BCUT2D eigenvalue weighted by atomic mass is 10.1. The van der Waals surface area contributed by atoms with Gasteiger partial charge in [-0.15, -0.1) is 11.8 Å². The average Bonchev–Trinajstić information content (AvgIpc) is 3.17. The summed E-state index contributed by atoms with van der Waals surface area (Å²) in [6.45, 7) is 2.17. The van der Waals surface area contributed by atoms with Crippen LogP contribution in [0.25, 0.3) is 11.5 Å². The van der Waals surface area contributed by atoms with Crippen LogP contribution >= 0.6 is 11.8 Å². The fourth-order valence-electron chi connectivity index (χ4n) is 3.05. The summed E-state index contributed by atoms with van der Waals surface area (Å²) in [4.78, 5) is 18.2. The molecule has 0 aliphatic rings. The number of oxazole rings is 1. The fourth-order valence-corrected chi connectivity index (χ4v) is 3.97. The first-order valence-corrected chi connectivity index (χ1v) is 10.8. The molecule has 1 amide bonds. The Balaban J connectivity index is 1.39. The molecule has 0 unspecified atom stereocenters. The zero-order chi connectivity index (χ0) is 21.6. The molecule has 0 saturated heterocycles. The second kappa shape index (κ2) is 9.62. The molecule has 156 valence electrons. The Morgan fingerprint density at radius 1 is 1.03 bits per heavy atom. The summed E-state index contributed by atoms with van der Waals surface area (Å²) in [6.07, 6.45) is 0. The van der Waals surface area contributed by atoms with Gasteiger partial charge in [0.15, 0.2) is 0 Å². The van der Waals surface area contributed by atoms with E-state index in [1.54, 1.807) is 36.0 Å². The van der Waals surface area contributed by atoms with Crippen LogP contribution in [0.3, 0.4) is 0 Å². The maximum atomic E-state index is 13.3. The number of benzene rings is 3. The summed E-state index contributed by atoms with van der Waals surface area (Å²) in [6, 6.07) is 23.4. The lowest BCUT2D eigenvalue weighted by Crippen LogP contribution is -2.22. The molecule has 0 saturated carbocycles. The highest BCUT2D eigenvalue weighted by Gasteiger charge is 2.13. The van der Waals surface area contributed by atoms with Gasteiger partial charge in [0.1, 0.15) is 11.6 Å². The zero-order valence-corrected chi connectivity index (χ0v) is 17.8. The molecular formula is C25H21FN2O2S. The quantitative estimate of drug-likeness (QED) is 0.363. The molecule has 0 bridgehead atoms. The van der Waals surface area contributed by atoms with Gasteiger partial charge in [-0.2, -0.15) is 0 Å². The normalized spacial score (nSPS) is 10.8. The van der Waals surface area contributed by atoms with E-state index in [4.69, 9.17) is 4.42 Å². The molecule has 6 heteroatoms. The predicted molar refractivity (Wildman–Crippen MR) is 120 cm³/mol. The van der Waals surface area contributed by atoms with Gasteiger partial charge in [0, 0.05) is 28.3 Å². The van der Waals surface area contributed by atoms with Crippen molar-refractivity contribution in [1.82, 2.24) is 10.3 Å². The Hall–Kier alpha value is -3.38. The second-order valence-corrected chi connectivity index (χ2v) is 8.06. The molecule has 0 aliphatic carbocycles. The topological polar surface area (TPSA) is 55.1 Å². The van der Waals surface area contributed by atoms with Gasteiger partial charge in [0.25, 0.3) is 5.91 Å². The van der Waals surface area contributed by atoms with Crippen molar-refractivity contribution >= 4 is 17.7 Å². The lowest BCUT2D eigenvalue weighted by Gasteiger charge is -2.06. The van der Waals surface area contributed by atoms with E-state index in [1.807, 2.05) is 37.3 Å². The number of carbonyl (C=O) groups excluding carboxylic acids is 1. The second-order valence-electron chi connectivity index (χ2n) is 7.01. The van der Waals surface area contributed by atoms with Crippen LogP contribution < -0.4 is 5.32 Å². The van der Waals surface area contributed by atoms with E-state index >= 15 is 0 Å². The van der Waals surface area contributed by atoms with Crippen molar-refractivity contribution in [3.8, 4) is 11.5 Å². The van der Waals surface area contributed by atoms with E-state index in [0.717, 1.165) is 22.8 Å². The summed E-state index contributed by atoms with van der Waals surface area (Å²) in [5, 5.41) is 2.80. The van der Waals surface area contributed by atoms with Gasteiger partial charge in [-0.05, 0) is 61.0 Å². The number of nitrogens with one attached hydrogen (secondary N) is 1. The van der Waals surface area contributed by atoms with Crippen LogP contribution in [0.5, 0.6) is 0 Å². The maximum absolute atomic E-state index is 13.3. The molecule has 0 fully saturated rings. The van der Waals surface area contributed by atoms with Crippen molar-refractivity contribution in [3.63, 3.8) is 0 Å². The Bertz CT molecular complexity index is 1170. The lowest BCUT2D eigenvalue weighted by molar-refractivity contribution is 0.0951. The number of halogens is 1. The van der Waals surface area contributed by atoms with Crippen molar-refractivity contribution in [2.45, 2.75) is 24.1 Å². The fraction of sp³-hybridized carbons (Fsp3) is 0.120. The highest BCUT2D eigenvalue weighted by Crippen LogP contribution is 2.27. The van der Waals surface area contributed by atoms with E-state index in [1.165, 1.54) is 17.0 Å². The van der Waals surface area contributed by atoms with Crippen molar-refractivity contribution in [2.75, 3.05) is 0 Å². The molecule has 0 atom stereocenters. The van der Waals surface area contributed by atoms with E-state index in [-0.39, 0.29) is 18.3 Å². The number of thioether (sulfide) groups is 1. The molecule has 3 aromatic carbocycles. The minimum Gasteiger partial charge on any atom is -0.441 e. The standard InChI is InChI=1S/C25H21FN2O2S/c1-17-23(16-31-22-8-3-2-4-9-22)28-25(30-17)20-12-10-19(11-13-20)24(29)27-15-18-6-5-7-21(26)14-18/h2-14H,15-16H2,1H3,(H,27,29). The monoisotopic (exact) mass is 432 g/mol. The van der Waals surface area contributed by atoms with Gasteiger partial charge in [0.2, 0.25) is 5.89 Å². The van der Waals surface area contributed by atoms with E-state index in [2.05, 4.69) is 22.4 Å². The first kappa shape index (κ1) is 20.9. The van der Waals surface area contributed by atoms with Gasteiger partial charge in [-0.1, -0.05) is 30.3 Å². The summed E-state index contributed by atoms with van der Waals surface area (Å²) < 4.78 is 19.1. The van der Waals surface area contributed by atoms with E-state index in [0.29, 0.717) is 17.0 Å². The molecular weight excluding hydrogens is 411 g/mol. The van der Waals surface area contributed by atoms with Crippen LogP contribution in [0.4, 0.5) is 4.39 Å². The van der Waals surface area contributed by atoms with Crippen molar-refractivity contribution in [3.05, 3.63) is 107 Å². The molecule has 1 aromatic heterocycles. The molecule has 0 spiro atoms. The predicted octanol–water partition coefficient (Wildman–Crippen LogP) is 6.01. The van der Waals surface area contributed by atoms with Gasteiger partial charge < -0.3 is 9.73 Å². The number of aryl methyl sites for hydroxylation is 1. The number of aromatic nitrogens is 1. The molecule has 4 nitrogen and oxygen atoms in total. The van der Waals surface area contributed by atoms with Crippen LogP contribution in [0.15, 0.2) is 88.2 Å². The SMILES string of the molecule is Cc1oc(-c2ccc(C(=O)NCc3cccc(F)c3)cc2)nc1CSc1ccccc1. The smallest absolute Gasteiger partial charge is 0.251 e. The molecule has 4 rings (SSSR count). The molecule has 1 N–H and O–H groups in total.